The van der Waals surface area contributed by atoms with E-state index >= 15 is 0 Å². The standard InChI is InChI=1S/C6H13NO4/c1-10-4-5-11-3-2-7-6(8)9/h7H,2-5H2,1H3,(H,8,9). The van der Waals surface area contributed by atoms with Gasteiger partial charge in [0.25, 0.3) is 0 Å². The molecule has 0 saturated carbocycles. The van der Waals surface area contributed by atoms with Crippen molar-refractivity contribution >= 4 is 6.09 Å². The quantitative estimate of drug-likeness (QED) is 0.537. The Morgan fingerprint density at radius 3 is 2.73 bits per heavy atom. The molecule has 0 heterocycles. The van der Waals surface area contributed by atoms with Crippen LogP contribution in [0, 0.1) is 0 Å². The maximum absolute atomic E-state index is 9.90. The minimum Gasteiger partial charge on any atom is -0.465 e. The first-order chi connectivity index (χ1) is 5.27. The Morgan fingerprint density at radius 2 is 2.18 bits per heavy atom. The normalized spacial score (nSPS) is 9.55. The topological polar surface area (TPSA) is 67.8 Å². The van der Waals surface area contributed by atoms with Gasteiger partial charge < -0.3 is 19.9 Å². The van der Waals surface area contributed by atoms with Gasteiger partial charge >= 0.3 is 6.09 Å². The Balaban J connectivity index is 2.85. The molecule has 0 radical (unpaired) electrons. The van der Waals surface area contributed by atoms with E-state index < -0.39 is 6.09 Å². The highest BCUT2D eigenvalue weighted by molar-refractivity contribution is 5.64. The van der Waals surface area contributed by atoms with E-state index in [1.807, 2.05) is 0 Å². The van der Waals surface area contributed by atoms with Gasteiger partial charge in [0.1, 0.15) is 0 Å². The van der Waals surface area contributed by atoms with Crippen LogP contribution in [0.4, 0.5) is 4.79 Å². The summed E-state index contributed by atoms with van der Waals surface area (Å²) in [6.07, 6.45) is -1.03. The molecule has 0 atom stereocenters. The summed E-state index contributed by atoms with van der Waals surface area (Å²) in [4.78, 5) is 9.90. The van der Waals surface area contributed by atoms with Gasteiger partial charge in [-0.3, -0.25) is 0 Å². The van der Waals surface area contributed by atoms with Crippen molar-refractivity contribution in [3.63, 3.8) is 0 Å². The SMILES string of the molecule is COCCOCCNC(=O)O. The van der Waals surface area contributed by atoms with Gasteiger partial charge in [0.05, 0.1) is 19.8 Å². The molecule has 0 aromatic carbocycles. The highest BCUT2D eigenvalue weighted by Gasteiger charge is 1.91. The first kappa shape index (κ1) is 10.2. The average Bonchev–Trinajstić information content (AvgIpc) is 1.96. The molecule has 2 N–H and O–H groups in total. The highest BCUT2D eigenvalue weighted by Crippen LogP contribution is 1.74. The number of amides is 1. The largest absolute Gasteiger partial charge is 0.465 e. The third-order valence-electron chi connectivity index (χ3n) is 0.954. The van der Waals surface area contributed by atoms with Gasteiger partial charge in [-0.1, -0.05) is 0 Å². The maximum Gasteiger partial charge on any atom is 0.404 e. The van der Waals surface area contributed by atoms with E-state index in [9.17, 15) is 4.79 Å². The average molecular weight is 163 g/mol. The van der Waals surface area contributed by atoms with Crippen LogP contribution in [0.1, 0.15) is 0 Å². The van der Waals surface area contributed by atoms with Crippen LogP contribution in [-0.2, 0) is 9.47 Å². The molecule has 0 aromatic heterocycles. The summed E-state index contributed by atoms with van der Waals surface area (Å²) in [6, 6.07) is 0. The molecule has 0 aliphatic carbocycles. The summed E-state index contributed by atoms with van der Waals surface area (Å²) >= 11 is 0. The van der Waals surface area contributed by atoms with Crippen molar-refractivity contribution in [1.82, 2.24) is 5.32 Å². The lowest BCUT2D eigenvalue weighted by Crippen LogP contribution is -2.25. The minimum atomic E-state index is -1.03. The van der Waals surface area contributed by atoms with Gasteiger partial charge in [-0.25, -0.2) is 4.79 Å². The monoisotopic (exact) mass is 163 g/mol. The minimum absolute atomic E-state index is 0.318. The fraction of sp³-hybridized carbons (Fsp3) is 0.833. The number of ether oxygens (including phenoxy) is 2. The lowest BCUT2D eigenvalue weighted by atomic mass is 10.7. The second kappa shape index (κ2) is 7.30. The van der Waals surface area contributed by atoms with Crippen molar-refractivity contribution < 1.29 is 19.4 Å². The Hall–Kier alpha value is -0.810. The van der Waals surface area contributed by atoms with Crippen LogP contribution in [0.5, 0.6) is 0 Å². The third-order valence-corrected chi connectivity index (χ3v) is 0.954. The van der Waals surface area contributed by atoms with Crippen LogP contribution in [0.25, 0.3) is 0 Å². The number of methoxy groups -OCH3 is 1. The first-order valence-corrected chi connectivity index (χ1v) is 3.31. The molecule has 0 rings (SSSR count). The van der Waals surface area contributed by atoms with Crippen molar-refractivity contribution in [3.05, 3.63) is 0 Å². The molecule has 66 valence electrons. The fourth-order valence-electron chi connectivity index (χ4n) is 0.474. The number of rotatable bonds is 6. The molecule has 0 saturated heterocycles. The highest BCUT2D eigenvalue weighted by atomic mass is 16.5. The van der Waals surface area contributed by atoms with Crippen LogP contribution in [-0.4, -0.2) is 44.7 Å². The third kappa shape index (κ3) is 9.19. The van der Waals surface area contributed by atoms with Crippen molar-refractivity contribution in [1.29, 1.82) is 0 Å². The second-order valence-corrected chi connectivity index (χ2v) is 1.84. The van der Waals surface area contributed by atoms with Gasteiger partial charge in [-0.2, -0.15) is 0 Å². The van der Waals surface area contributed by atoms with E-state index in [4.69, 9.17) is 14.6 Å². The van der Waals surface area contributed by atoms with E-state index in [1.165, 1.54) is 0 Å². The zero-order chi connectivity index (χ0) is 8.53. The molecule has 0 aromatic rings. The van der Waals surface area contributed by atoms with Crippen molar-refractivity contribution in [2.45, 2.75) is 0 Å². The maximum atomic E-state index is 9.90. The predicted molar refractivity (Wildman–Crippen MR) is 38.7 cm³/mol. The molecule has 0 spiro atoms. The van der Waals surface area contributed by atoms with E-state index in [0.29, 0.717) is 26.4 Å². The number of hydrogen-bond acceptors (Lipinski definition) is 3. The number of nitrogens with one attached hydrogen (secondary N) is 1. The van der Waals surface area contributed by atoms with E-state index in [-0.39, 0.29) is 0 Å². The molecule has 0 fully saturated rings. The van der Waals surface area contributed by atoms with Crippen molar-refractivity contribution in [2.75, 3.05) is 33.5 Å². The number of carboxylic acid groups (broad SMARTS) is 1. The number of carbonyl (C=O) groups is 1. The molecule has 0 bridgehead atoms. The molecular weight excluding hydrogens is 150 g/mol. The molecule has 0 aliphatic heterocycles. The molecule has 0 aliphatic rings. The molecule has 0 unspecified atom stereocenters. The summed E-state index contributed by atoms with van der Waals surface area (Å²) in [5.74, 6) is 0. The molecular formula is C6H13NO4. The Morgan fingerprint density at radius 1 is 1.45 bits per heavy atom. The van der Waals surface area contributed by atoms with Crippen LogP contribution < -0.4 is 5.32 Å². The Labute approximate surface area is 65.3 Å². The molecule has 1 amide bonds. The van der Waals surface area contributed by atoms with Crippen molar-refractivity contribution in [2.24, 2.45) is 0 Å². The first-order valence-electron chi connectivity index (χ1n) is 3.31. The summed E-state index contributed by atoms with van der Waals surface area (Å²) in [7, 11) is 1.58. The zero-order valence-corrected chi connectivity index (χ0v) is 6.50. The van der Waals surface area contributed by atoms with Crippen LogP contribution >= 0.6 is 0 Å². The summed E-state index contributed by atoms with van der Waals surface area (Å²) < 4.78 is 9.68. The number of hydrogen-bond donors (Lipinski definition) is 2. The second-order valence-electron chi connectivity index (χ2n) is 1.84. The predicted octanol–water partition coefficient (Wildman–Crippen LogP) is -0.0830. The molecule has 5 heteroatoms. The zero-order valence-electron chi connectivity index (χ0n) is 6.50. The van der Waals surface area contributed by atoms with Gasteiger partial charge in [-0.15, -0.1) is 0 Å². The summed E-state index contributed by atoms with van der Waals surface area (Å²) in [5, 5.41) is 10.3. The molecule has 5 nitrogen and oxygen atoms in total. The van der Waals surface area contributed by atoms with E-state index in [1.54, 1.807) is 7.11 Å². The summed E-state index contributed by atoms with van der Waals surface area (Å²) in [6.45, 7) is 1.74. The van der Waals surface area contributed by atoms with Crippen LogP contribution in [0.15, 0.2) is 0 Å². The molecule has 11 heavy (non-hydrogen) atoms. The van der Waals surface area contributed by atoms with E-state index in [2.05, 4.69) is 5.32 Å². The van der Waals surface area contributed by atoms with Gasteiger partial charge in [0.15, 0.2) is 0 Å². The van der Waals surface area contributed by atoms with Crippen molar-refractivity contribution in [3.8, 4) is 0 Å². The lowest BCUT2D eigenvalue weighted by Gasteiger charge is -2.02. The Bertz CT molecular complexity index is 107. The van der Waals surface area contributed by atoms with Crippen LogP contribution in [0.3, 0.4) is 0 Å². The fourth-order valence-corrected chi connectivity index (χ4v) is 0.474. The van der Waals surface area contributed by atoms with Crippen LogP contribution in [0.2, 0.25) is 0 Å². The smallest absolute Gasteiger partial charge is 0.404 e. The van der Waals surface area contributed by atoms with E-state index in [0.717, 1.165) is 0 Å². The Kier molecular flexibility index (Phi) is 6.76. The van der Waals surface area contributed by atoms with Gasteiger partial charge in [-0.05, 0) is 0 Å². The van der Waals surface area contributed by atoms with Gasteiger partial charge in [0.2, 0.25) is 0 Å². The lowest BCUT2D eigenvalue weighted by molar-refractivity contribution is 0.0718. The van der Waals surface area contributed by atoms with Gasteiger partial charge in [0, 0.05) is 13.7 Å². The summed E-state index contributed by atoms with van der Waals surface area (Å²) in [5.41, 5.74) is 0.